The third-order valence-electron chi connectivity index (χ3n) is 3.61. The lowest BCUT2D eigenvalue weighted by Crippen LogP contribution is -2.19. The van der Waals surface area contributed by atoms with Crippen molar-refractivity contribution in [1.82, 2.24) is 10.4 Å². The van der Waals surface area contributed by atoms with Crippen molar-refractivity contribution < 1.29 is 9.53 Å². The van der Waals surface area contributed by atoms with Crippen molar-refractivity contribution in [1.29, 1.82) is 0 Å². The lowest BCUT2D eigenvalue weighted by atomic mass is 10.2. The number of nitrogens with one attached hydrogen (secondary N) is 1. The third-order valence-corrected chi connectivity index (χ3v) is 5.08. The topological polar surface area (TPSA) is 63.6 Å². The summed E-state index contributed by atoms with van der Waals surface area (Å²) >= 11 is 4.78. The highest BCUT2D eigenvalue weighted by Crippen LogP contribution is 2.18. The summed E-state index contributed by atoms with van der Waals surface area (Å²) in [5.74, 6) is 0.752. The van der Waals surface area contributed by atoms with Gasteiger partial charge >= 0.3 is 0 Å². The average molecular weight is 456 g/mol. The van der Waals surface area contributed by atoms with Gasteiger partial charge < -0.3 is 4.74 Å². The molecule has 0 radical (unpaired) electrons. The van der Waals surface area contributed by atoms with Gasteiger partial charge in [0.25, 0.3) is 0 Å². The molecule has 0 bridgehead atoms. The molecule has 0 aliphatic heterocycles. The Hall–Kier alpha value is -2.64. The Labute approximate surface area is 176 Å². The summed E-state index contributed by atoms with van der Waals surface area (Å²) in [5, 5.41) is 4.84. The molecule has 0 fully saturated rings. The summed E-state index contributed by atoms with van der Waals surface area (Å²) in [5.41, 5.74) is 4.38. The van der Waals surface area contributed by atoms with E-state index < -0.39 is 0 Å². The van der Waals surface area contributed by atoms with Crippen LogP contribution >= 0.6 is 27.7 Å². The van der Waals surface area contributed by atoms with E-state index in [1.807, 2.05) is 66.7 Å². The fraction of sp³-hybridized carbons (Fsp3) is 0.0952. The lowest BCUT2D eigenvalue weighted by Gasteiger charge is -2.09. The highest BCUT2D eigenvalue weighted by Gasteiger charge is 2.04. The number of rotatable bonds is 8. The van der Waals surface area contributed by atoms with Crippen LogP contribution in [-0.4, -0.2) is 22.9 Å². The predicted octanol–water partition coefficient (Wildman–Crippen LogP) is 4.67. The van der Waals surface area contributed by atoms with Gasteiger partial charge in [0.05, 0.1) is 17.0 Å². The molecule has 0 saturated heterocycles. The Balaban J connectivity index is 1.52. The largest absolute Gasteiger partial charge is 0.488 e. The summed E-state index contributed by atoms with van der Waals surface area (Å²) in [6.07, 6.45) is 3.28. The van der Waals surface area contributed by atoms with Gasteiger partial charge in [-0.05, 0) is 42.0 Å². The van der Waals surface area contributed by atoms with Crippen LogP contribution in [0.4, 0.5) is 0 Å². The van der Waals surface area contributed by atoms with Gasteiger partial charge in [-0.3, -0.25) is 4.79 Å². The minimum Gasteiger partial charge on any atom is -0.488 e. The molecule has 5 nitrogen and oxygen atoms in total. The number of nitrogens with zero attached hydrogens (tertiary/aromatic N) is 2. The fourth-order valence-corrected chi connectivity index (χ4v) is 3.16. The molecule has 1 N–H and O–H groups in total. The predicted molar refractivity (Wildman–Crippen MR) is 116 cm³/mol. The van der Waals surface area contributed by atoms with E-state index >= 15 is 0 Å². The first kappa shape index (κ1) is 20.1. The van der Waals surface area contributed by atoms with Gasteiger partial charge in [-0.25, -0.2) is 10.4 Å². The maximum atomic E-state index is 11.9. The SMILES string of the molecule is O=C(CSc1ccccn1)N/N=C\c1ccccc1OCc1ccc(Br)cc1. The van der Waals surface area contributed by atoms with Gasteiger partial charge in [0.2, 0.25) is 5.91 Å². The number of aromatic nitrogens is 1. The van der Waals surface area contributed by atoms with Crippen LogP contribution in [0.2, 0.25) is 0 Å². The van der Waals surface area contributed by atoms with E-state index in [0.29, 0.717) is 12.4 Å². The summed E-state index contributed by atoms with van der Waals surface area (Å²) in [4.78, 5) is 16.1. The molecule has 3 aromatic rings. The molecule has 0 unspecified atom stereocenters. The Morgan fingerprint density at radius 1 is 1.11 bits per heavy atom. The van der Waals surface area contributed by atoms with Crippen LogP contribution in [0.5, 0.6) is 5.75 Å². The highest BCUT2D eigenvalue weighted by atomic mass is 79.9. The molecule has 0 saturated carbocycles. The number of hydrogen-bond donors (Lipinski definition) is 1. The van der Waals surface area contributed by atoms with E-state index in [1.54, 1.807) is 12.4 Å². The Morgan fingerprint density at radius 2 is 1.89 bits per heavy atom. The van der Waals surface area contributed by atoms with Crippen molar-refractivity contribution in [2.75, 3.05) is 5.75 Å². The molecular weight excluding hydrogens is 438 g/mol. The van der Waals surface area contributed by atoms with Crippen LogP contribution < -0.4 is 10.2 Å². The molecule has 0 aliphatic rings. The molecule has 28 heavy (non-hydrogen) atoms. The first-order chi connectivity index (χ1) is 13.7. The maximum absolute atomic E-state index is 11.9. The minimum atomic E-state index is -0.194. The second-order valence-corrected chi connectivity index (χ2v) is 7.61. The number of hydrazone groups is 1. The second kappa shape index (κ2) is 10.6. The zero-order valence-electron chi connectivity index (χ0n) is 14.9. The first-order valence-electron chi connectivity index (χ1n) is 8.53. The fourth-order valence-electron chi connectivity index (χ4n) is 2.24. The first-order valence-corrected chi connectivity index (χ1v) is 10.3. The lowest BCUT2D eigenvalue weighted by molar-refractivity contribution is -0.118. The van der Waals surface area contributed by atoms with Crippen molar-refractivity contribution in [3.05, 3.63) is 88.5 Å². The summed E-state index contributed by atoms with van der Waals surface area (Å²) in [6.45, 7) is 0.450. The molecule has 3 rings (SSSR count). The summed E-state index contributed by atoms with van der Waals surface area (Å²) in [6, 6.07) is 21.1. The number of thioether (sulfide) groups is 1. The van der Waals surface area contributed by atoms with Gasteiger partial charge in [0.15, 0.2) is 0 Å². The Morgan fingerprint density at radius 3 is 2.68 bits per heavy atom. The normalized spacial score (nSPS) is 10.8. The number of para-hydroxylation sites is 1. The molecule has 0 spiro atoms. The van der Waals surface area contributed by atoms with Crippen molar-refractivity contribution in [3.8, 4) is 5.75 Å². The molecular formula is C21H18BrN3O2S. The Kier molecular flexibility index (Phi) is 7.63. The van der Waals surface area contributed by atoms with E-state index in [0.717, 1.165) is 20.6 Å². The number of pyridine rings is 1. The van der Waals surface area contributed by atoms with E-state index in [2.05, 4.69) is 31.4 Å². The van der Waals surface area contributed by atoms with E-state index in [1.165, 1.54) is 11.8 Å². The van der Waals surface area contributed by atoms with Gasteiger partial charge in [0.1, 0.15) is 12.4 Å². The summed E-state index contributed by atoms with van der Waals surface area (Å²) < 4.78 is 6.92. The van der Waals surface area contributed by atoms with E-state index in [4.69, 9.17) is 4.74 Å². The van der Waals surface area contributed by atoms with Crippen LogP contribution in [0.15, 0.2) is 87.5 Å². The number of ether oxygens (including phenoxy) is 1. The molecule has 1 aromatic heterocycles. The van der Waals surface area contributed by atoms with Crippen LogP contribution in [0.1, 0.15) is 11.1 Å². The maximum Gasteiger partial charge on any atom is 0.250 e. The quantitative estimate of drug-likeness (QED) is 0.304. The van der Waals surface area contributed by atoms with Crippen molar-refractivity contribution in [3.63, 3.8) is 0 Å². The second-order valence-electron chi connectivity index (χ2n) is 5.70. The smallest absolute Gasteiger partial charge is 0.250 e. The average Bonchev–Trinajstić information content (AvgIpc) is 2.73. The molecule has 0 atom stereocenters. The van der Waals surface area contributed by atoms with Gasteiger partial charge in [-0.2, -0.15) is 5.10 Å². The standard InChI is InChI=1S/C21H18BrN3O2S/c22-18-10-8-16(9-11-18)14-27-19-6-2-1-5-17(19)13-24-25-20(26)15-28-21-7-3-4-12-23-21/h1-13H,14-15H2,(H,25,26)/b24-13-. The number of carbonyl (C=O) groups is 1. The third kappa shape index (κ3) is 6.51. The van der Waals surface area contributed by atoms with E-state index in [-0.39, 0.29) is 11.7 Å². The number of amides is 1. The van der Waals surface area contributed by atoms with Gasteiger partial charge in [-0.1, -0.05) is 58.0 Å². The van der Waals surface area contributed by atoms with Crippen molar-refractivity contribution >= 4 is 39.8 Å². The Bertz CT molecular complexity index is 934. The monoisotopic (exact) mass is 455 g/mol. The molecule has 142 valence electrons. The minimum absolute atomic E-state index is 0.194. The number of hydrogen-bond acceptors (Lipinski definition) is 5. The van der Waals surface area contributed by atoms with Crippen molar-refractivity contribution in [2.45, 2.75) is 11.6 Å². The molecule has 0 aliphatic carbocycles. The van der Waals surface area contributed by atoms with Crippen LogP contribution in [0.3, 0.4) is 0 Å². The van der Waals surface area contributed by atoms with Crippen LogP contribution in [0.25, 0.3) is 0 Å². The van der Waals surface area contributed by atoms with E-state index in [9.17, 15) is 4.79 Å². The number of carbonyl (C=O) groups excluding carboxylic acids is 1. The molecule has 2 aromatic carbocycles. The zero-order valence-corrected chi connectivity index (χ0v) is 17.3. The molecule has 1 amide bonds. The highest BCUT2D eigenvalue weighted by molar-refractivity contribution is 9.10. The number of halogens is 1. The van der Waals surface area contributed by atoms with Crippen molar-refractivity contribution in [2.24, 2.45) is 5.10 Å². The summed E-state index contributed by atoms with van der Waals surface area (Å²) in [7, 11) is 0. The van der Waals surface area contributed by atoms with Gasteiger partial charge in [0, 0.05) is 16.2 Å². The zero-order chi connectivity index (χ0) is 19.6. The van der Waals surface area contributed by atoms with Gasteiger partial charge in [-0.15, -0.1) is 0 Å². The van der Waals surface area contributed by atoms with Crippen LogP contribution in [-0.2, 0) is 11.4 Å². The number of benzene rings is 2. The molecule has 1 heterocycles. The van der Waals surface area contributed by atoms with Crippen LogP contribution in [0, 0.1) is 0 Å². The molecule has 7 heteroatoms.